The first-order chi connectivity index (χ1) is 6.70. The van der Waals surface area contributed by atoms with Crippen LogP contribution in [0.1, 0.15) is 26.7 Å². The zero-order chi connectivity index (χ0) is 10.4. The van der Waals surface area contributed by atoms with Crippen molar-refractivity contribution in [3.8, 4) is 5.88 Å². The van der Waals surface area contributed by atoms with Gasteiger partial charge in [-0.05, 0) is 18.8 Å². The Labute approximate surface area is 83.3 Å². The van der Waals surface area contributed by atoms with Crippen LogP contribution in [0.4, 0.5) is 0 Å². The van der Waals surface area contributed by atoms with Gasteiger partial charge in [0, 0.05) is 12.4 Å². The highest BCUT2D eigenvalue weighted by atomic mass is 16.5. The number of aromatic nitrogens is 2. The molecule has 0 aliphatic carbocycles. The Balaban J connectivity index is 2.32. The molecule has 0 spiro atoms. The van der Waals surface area contributed by atoms with Crippen molar-refractivity contribution in [2.45, 2.75) is 26.7 Å². The highest BCUT2D eigenvalue weighted by molar-refractivity contribution is 5.01. The third-order valence-electron chi connectivity index (χ3n) is 1.84. The molecular formula is C10H16N2O2. The van der Waals surface area contributed by atoms with E-state index in [0.29, 0.717) is 12.5 Å². The van der Waals surface area contributed by atoms with E-state index in [2.05, 4.69) is 23.8 Å². The number of hydrogen-bond donors (Lipinski definition) is 1. The molecule has 14 heavy (non-hydrogen) atoms. The van der Waals surface area contributed by atoms with Gasteiger partial charge in [0.25, 0.3) is 5.88 Å². The summed E-state index contributed by atoms with van der Waals surface area (Å²) in [5, 5.41) is 0. The molecule has 0 radical (unpaired) electrons. The van der Waals surface area contributed by atoms with Gasteiger partial charge in [0.2, 0.25) is 0 Å². The lowest BCUT2D eigenvalue weighted by molar-refractivity contribution is 0.283. The van der Waals surface area contributed by atoms with Crippen LogP contribution in [0, 0.1) is 5.92 Å². The molecule has 0 atom stereocenters. The molecular weight excluding hydrogens is 180 g/mol. The molecule has 1 heterocycles. The Morgan fingerprint density at radius 2 is 2.36 bits per heavy atom. The highest BCUT2D eigenvalue weighted by Gasteiger charge is 2.00. The molecule has 1 N–H and O–H groups in total. The van der Waals surface area contributed by atoms with Crippen molar-refractivity contribution in [1.29, 1.82) is 0 Å². The lowest BCUT2D eigenvalue weighted by atomic mass is 10.1. The number of aromatic amines is 1. The van der Waals surface area contributed by atoms with Crippen LogP contribution < -0.4 is 10.3 Å². The van der Waals surface area contributed by atoms with E-state index < -0.39 is 0 Å². The largest absolute Gasteiger partial charge is 0.474 e. The second kappa shape index (κ2) is 5.42. The van der Waals surface area contributed by atoms with Gasteiger partial charge in [0.15, 0.2) is 0 Å². The third kappa shape index (κ3) is 3.60. The highest BCUT2D eigenvalue weighted by Crippen LogP contribution is 2.04. The van der Waals surface area contributed by atoms with Gasteiger partial charge < -0.3 is 9.72 Å². The molecule has 0 saturated carbocycles. The number of nitrogens with zero attached hydrogens (tertiary/aromatic N) is 1. The fourth-order valence-electron chi connectivity index (χ4n) is 1.10. The fraction of sp³-hybridized carbons (Fsp3) is 0.600. The van der Waals surface area contributed by atoms with Crippen molar-refractivity contribution in [2.75, 3.05) is 6.61 Å². The summed E-state index contributed by atoms with van der Waals surface area (Å²) in [7, 11) is 0. The maximum Gasteiger partial charge on any atom is 0.310 e. The third-order valence-corrected chi connectivity index (χ3v) is 1.84. The lowest BCUT2D eigenvalue weighted by Gasteiger charge is -2.05. The van der Waals surface area contributed by atoms with Crippen LogP contribution in [-0.2, 0) is 0 Å². The predicted molar refractivity (Wildman–Crippen MR) is 54.4 cm³/mol. The average molecular weight is 196 g/mol. The van der Waals surface area contributed by atoms with Gasteiger partial charge >= 0.3 is 5.56 Å². The standard InChI is InChI=1S/C10H16N2O2/c1-8(2)4-3-7-14-10-9(13)11-5-6-12-10/h5-6,8H,3-4,7H2,1-2H3,(H,11,13). The van der Waals surface area contributed by atoms with Crippen LogP contribution in [0.15, 0.2) is 17.2 Å². The van der Waals surface area contributed by atoms with Crippen LogP contribution in [0.5, 0.6) is 5.88 Å². The normalized spacial score (nSPS) is 10.5. The van der Waals surface area contributed by atoms with Gasteiger partial charge in [-0.15, -0.1) is 0 Å². The smallest absolute Gasteiger partial charge is 0.310 e. The van der Waals surface area contributed by atoms with Crippen LogP contribution in [-0.4, -0.2) is 16.6 Å². The molecule has 4 nitrogen and oxygen atoms in total. The van der Waals surface area contributed by atoms with Gasteiger partial charge in [-0.2, -0.15) is 0 Å². The maximum absolute atomic E-state index is 11.1. The first-order valence-electron chi connectivity index (χ1n) is 4.86. The van der Waals surface area contributed by atoms with Gasteiger partial charge in [-0.25, -0.2) is 4.98 Å². The minimum absolute atomic E-state index is 0.163. The fourth-order valence-corrected chi connectivity index (χ4v) is 1.10. The number of ether oxygens (including phenoxy) is 1. The Kier molecular flexibility index (Phi) is 4.16. The Morgan fingerprint density at radius 3 is 3.00 bits per heavy atom. The predicted octanol–water partition coefficient (Wildman–Crippen LogP) is 1.58. The second-order valence-corrected chi connectivity index (χ2v) is 3.61. The van der Waals surface area contributed by atoms with E-state index in [4.69, 9.17) is 4.74 Å². The van der Waals surface area contributed by atoms with E-state index in [1.54, 1.807) is 0 Å². The zero-order valence-electron chi connectivity index (χ0n) is 8.62. The molecule has 1 aromatic rings. The molecule has 4 heteroatoms. The van der Waals surface area contributed by atoms with Gasteiger partial charge in [-0.1, -0.05) is 13.8 Å². The molecule has 0 aromatic carbocycles. The molecule has 0 amide bonds. The second-order valence-electron chi connectivity index (χ2n) is 3.61. The quantitative estimate of drug-likeness (QED) is 0.727. The molecule has 0 fully saturated rings. The first-order valence-corrected chi connectivity index (χ1v) is 4.86. The van der Waals surface area contributed by atoms with E-state index in [-0.39, 0.29) is 11.4 Å². The molecule has 78 valence electrons. The van der Waals surface area contributed by atoms with Crippen molar-refractivity contribution >= 4 is 0 Å². The lowest BCUT2D eigenvalue weighted by Crippen LogP contribution is -2.13. The van der Waals surface area contributed by atoms with Crippen molar-refractivity contribution in [3.63, 3.8) is 0 Å². The minimum atomic E-state index is -0.267. The molecule has 0 aliphatic heterocycles. The summed E-state index contributed by atoms with van der Waals surface area (Å²) in [4.78, 5) is 17.4. The summed E-state index contributed by atoms with van der Waals surface area (Å²) >= 11 is 0. The topological polar surface area (TPSA) is 55.0 Å². The van der Waals surface area contributed by atoms with Crippen molar-refractivity contribution in [3.05, 3.63) is 22.7 Å². The van der Waals surface area contributed by atoms with Crippen LogP contribution in [0.2, 0.25) is 0 Å². The molecule has 0 saturated heterocycles. The van der Waals surface area contributed by atoms with Crippen LogP contribution in [0.25, 0.3) is 0 Å². The van der Waals surface area contributed by atoms with E-state index in [1.807, 2.05) is 0 Å². The molecule has 1 rings (SSSR count). The van der Waals surface area contributed by atoms with Crippen molar-refractivity contribution in [2.24, 2.45) is 5.92 Å². The number of H-pyrrole nitrogens is 1. The van der Waals surface area contributed by atoms with Crippen molar-refractivity contribution in [1.82, 2.24) is 9.97 Å². The summed E-state index contributed by atoms with van der Waals surface area (Å²) < 4.78 is 5.23. The summed E-state index contributed by atoms with van der Waals surface area (Å²) in [6.07, 6.45) is 5.06. The first kappa shape index (κ1) is 10.8. The Morgan fingerprint density at radius 1 is 1.57 bits per heavy atom. The number of rotatable bonds is 5. The number of nitrogens with one attached hydrogen (secondary N) is 1. The summed E-state index contributed by atoms with van der Waals surface area (Å²) in [6.45, 7) is 4.87. The molecule has 0 unspecified atom stereocenters. The van der Waals surface area contributed by atoms with Crippen molar-refractivity contribution < 1.29 is 4.74 Å². The molecule has 0 aliphatic rings. The Hall–Kier alpha value is -1.32. The SMILES string of the molecule is CC(C)CCCOc1ncc[nH]c1=O. The van der Waals surface area contributed by atoms with Crippen LogP contribution in [0.3, 0.4) is 0 Å². The summed E-state index contributed by atoms with van der Waals surface area (Å²) in [5.41, 5.74) is -0.267. The monoisotopic (exact) mass is 196 g/mol. The van der Waals surface area contributed by atoms with E-state index >= 15 is 0 Å². The van der Waals surface area contributed by atoms with Crippen LogP contribution >= 0.6 is 0 Å². The molecule has 0 bridgehead atoms. The van der Waals surface area contributed by atoms with Gasteiger partial charge in [0.1, 0.15) is 0 Å². The minimum Gasteiger partial charge on any atom is -0.474 e. The zero-order valence-corrected chi connectivity index (χ0v) is 8.62. The maximum atomic E-state index is 11.1. The van der Waals surface area contributed by atoms with E-state index in [1.165, 1.54) is 12.4 Å². The molecule has 1 aromatic heterocycles. The van der Waals surface area contributed by atoms with E-state index in [0.717, 1.165) is 12.8 Å². The Bertz CT molecular complexity index is 320. The average Bonchev–Trinajstić information content (AvgIpc) is 2.15. The number of hydrogen-bond acceptors (Lipinski definition) is 3. The van der Waals surface area contributed by atoms with Gasteiger partial charge in [-0.3, -0.25) is 4.79 Å². The summed E-state index contributed by atoms with van der Waals surface area (Å²) in [5.74, 6) is 0.830. The van der Waals surface area contributed by atoms with E-state index in [9.17, 15) is 4.79 Å². The van der Waals surface area contributed by atoms with Gasteiger partial charge in [0.05, 0.1) is 6.61 Å². The summed E-state index contributed by atoms with van der Waals surface area (Å²) in [6, 6.07) is 0.